The molecule has 2 aromatic rings. The van der Waals surface area contributed by atoms with Gasteiger partial charge in [-0.3, -0.25) is 24.1 Å². The molecule has 0 aromatic heterocycles. The zero-order chi connectivity index (χ0) is 32.0. The highest BCUT2D eigenvalue weighted by Crippen LogP contribution is 2.37. The molecule has 2 aromatic carbocycles. The van der Waals surface area contributed by atoms with Gasteiger partial charge in [0, 0.05) is 58.7 Å². The lowest BCUT2D eigenvalue weighted by atomic mass is 9.77. The van der Waals surface area contributed by atoms with Crippen LogP contribution in [0, 0.1) is 0 Å². The maximum absolute atomic E-state index is 13.9. The maximum atomic E-state index is 13.9. The normalized spacial score (nSPS) is 20.8. The van der Waals surface area contributed by atoms with E-state index in [9.17, 15) is 24.3 Å². The van der Waals surface area contributed by atoms with E-state index < -0.39 is 17.2 Å². The van der Waals surface area contributed by atoms with Gasteiger partial charge in [-0.1, -0.05) is 31.4 Å². The summed E-state index contributed by atoms with van der Waals surface area (Å²) >= 11 is 0. The molecular weight excluding hydrogens is 610 g/mol. The average Bonchev–Trinajstić information content (AvgIpc) is 3.05. The molecule has 2 aliphatic heterocycles. The zero-order valence-electron chi connectivity index (χ0n) is 26.7. The molecule has 11 nitrogen and oxygen atoms in total. The summed E-state index contributed by atoms with van der Waals surface area (Å²) in [6.45, 7) is 2.07. The monoisotopic (exact) mass is 655 g/mol. The minimum Gasteiger partial charge on any atom is -0.457 e. The molecular formula is C34H46ClN5O6. The van der Waals surface area contributed by atoms with Crippen LogP contribution in [0.5, 0.6) is 11.5 Å². The van der Waals surface area contributed by atoms with E-state index in [-0.39, 0.29) is 55.4 Å². The van der Waals surface area contributed by atoms with Gasteiger partial charge >= 0.3 is 0 Å². The van der Waals surface area contributed by atoms with Crippen LogP contribution < -0.4 is 20.7 Å². The summed E-state index contributed by atoms with van der Waals surface area (Å²) in [5, 5.41) is 19.4. The quantitative estimate of drug-likeness (QED) is 0.308. The minimum absolute atomic E-state index is 0. The van der Waals surface area contributed by atoms with E-state index in [4.69, 9.17) is 4.74 Å². The number of rotatable bonds is 10. The van der Waals surface area contributed by atoms with Crippen molar-refractivity contribution in [1.29, 1.82) is 0 Å². The summed E-state index contributed by atoms with van der Waals surface area (Å²) < 4.78 is 5.94. The van der Waals surface area contributed by atoms with Crippen LogP contribution in [0.3, 0.4) is 0 Å². The molecule has 1 spiro atoms. The summed E-state index contributed by atoms with van der Waals surface area (Å²) in [6, 6.07) is 14.0. The van der Waals surface area contributed by atoms with Crippen molar-refractivity contribution in [3.05, 3.63) is 59.7 Å². The highest BCUT2D eigenvalue weighted by atomic mass is 35.5. The number of nitrogens with one attached hydrogen (secondary N) is 3. The third kappa shape index (κ3) is 8.00. The number of carbonyl (C=O) groups is 4. The summed E-state index contributed by atoms with van der Waals surface area (Å²) in [5.74, 6) is 0.587. The van der Waals surface area contributed by atoms with E-state index in [0.717, 1.165) is 24.8 Å². The van der Waals surface area contributed by atoms with Crippen molar-refractivity contribution < 1.29 is 29.0 Å². The molecule has 12 heteroatoms. The number of nitrogens with zero attached hydrogens (tertiary/aromatic N) is 2. The number of likely N-dealkylation sites (tertiary alicyclic amines) is 1. The number of aliphatic hydroxyl groups is 1. The third-order valence-corrected chi connectivity index (χ3v) is 9.61. The average molecular weight is 656 g/mol. The van der Waals surface area contributed by atoms with E-state index in [1.807, 2.05) is 24.3 Å². The highest BCUT2D eigenvalue weighted by Gasteiger charge is 2.54. The Balaban J connectivity index is 0.00000480. The lowest BCUT2D eigenvalue weighted by Crippen LogP contribution is -2.73. The van der Waals surface area contributed by atoms with Crippen LogP contribution in [0.2, 0.25) is 0 Å². The summed E-state index contributed by atoms with van der Waals surface area (Å²) in [4.78, 5) is 55.5. The molecule has 0 unspecified atom stereocenters. The number of hydrogen-bond donors (Lipinski definition) is 4. The number of carbonyl (C=O) groups excluding carboxylic acids is 4. The second-order valence-electron chi connectivity index (χ2n) is 12.6. The Kier molecular flexibility index (Phi) is 11.7. The van der Waals surface area contributed by atoms with Crippen LogP contribution in [-0.2, 0) is 20.9 Å². The number of hydrogen-bond acceptors (Lipinski definition) is 7. The predicted octanol–water partition coefficient (Wildman–Crippen LogP) is 3.14. The van der Waals surface area contributed by atoms with Gasteiger partial charge in [0.05, 0.1) is 5.60 Å². The number of ether oxygens (including phenoxy) is 1. The van der Waals surface area contributed by atoms with Crippen molar-refractivity contribution >= 4 is 36.0 Å². The first-order valence-electron chi connectivity index (χ1n) is 16.0. The summed E-state index contributed by atoms with van der Waals surface area (Å²) in [6.07, 6.45) is 5.39. The fraction of sp³-hybridized carbons (Fsp3) is 0.529. The molecule has 2 saturated heterocycles. The van der Waals surface area contributed by atoms with Crippen LogP contribution in [0.4, 0.5) is 0 Å². The first-order valence-corrected chi connectivity index (χ1v) is 16.0. The number of amides is 4. The highest BCUT2D eigenvalue weighted by molar-refractivity contribution is 6.00. The molecule has 1 aliphatic carbocycles. The number of halogens is 1. The van der Waals surface area contributed by atoms with Crippen molar-refractivity contribution in [3.63, 3.8) is 0 Å². The van der Waals surface area contributed by atoms with Crippen molar-refractivity contribution in [2.75, 3.05) is 33.7 Å². The lowest BCUT2D eigenvalue weighted by Gasteiger charge is -2.52. The SMILES string of the molecule is CNC(=O)CCN1C(=O)[C@@H](CC2(O)CCCCC2)NC(=O)C12CCN(Cc1ccc(Oc3ccc(C(=O)NC)cc3)cc1)CC2.Cl. The summed E-state index contributed by atoms with van der Waals surface area (Å²) in [7, 11) is 3.15. The molecule has 3 aliphatic rings. The van der Waals surface area contributed by atoms with Crippen molar-refractivity contribution in [1.82, 2.24) is 25.8 Å². The Hall–Kier alpha value is -3.67. The van der Waals surface area contributed by atoms with E-state index in [0.29, 0.717) is 62.4 Å². The maximum Gasteiger partial charge on any atom is 0.251 e. The van der Waals surface area contributed by atoms with E-state index in [1.165, 1.54) is 0 Å². The molecule has 1 saturated carbocycles. The Bertz CT molecular complexity index is 1370. The predicted molar refractivity (Wildman–Crippen MR) is 176 cm³/mol. The van der Waals surface area contributed by atoms with Gasteiger partial charge in [0.2, 0.25) is 17.7 Å². The van der Waals surface area contributed by atoms with Gasteiger partial charge in [0.15, 0.2) is 0 Å². The minimum atomic E-state index is -1.02. The van der Waals surface area contributed by atoms with Gasteiger partial charge in [-0.2, -0.15) is 0 Å². The Labute approximate surface area is 276 Å². The standard InChI is InChI=1S/C34H45N5O6.ClH/c1-35-29(40)14-19-39-31(42)28(22-33(44)15-4-3-5-16-33)37-32(43)34(39)17-20-38(21-18-34)23-24-6-10-26(11-7-24)45-27-12-8-25(9-13-27)30(41)36-2;/h6-13,28,44H,3-5,14-23H2,1-2H3,(H,35,40)(H,36,41)(H,37,43);1H/t28-;/m1./s1. The third-order valence-electron chi connectivity index (χ3n) is 9.61. The van der Waals surface area contributed by atoms with Crippen molar-refractivity contribution in [3.8, 4) is 11.5 Å². The fourth-order valence-electron chi connectivity index (χ4n) is 6.92. The molecule has 3 fully saturated rings. The van der Waals surface area contributed by atoms with Crippen LogP contribution in [-0.4, -0.2) is 89.4 Å². The second kappa shape index (κ2) is 15.3. The fourth-order valence-corrected chi connectivity index (χ4v) is 6.92. The second-order valence-corrected chi connectivity index (χ2v) is 12.6. The molecule has 5 rings (SSSR count). The molecule has 4 amide bonds. The summed E-state index contributed by atoms with van der Waals surface area (Å²) in [5.41, 5.74) is -0.316. The van der Waals surface area contributed by atoms with Gasteiger partial charge in [0.1, 0.15) is 23.1 Å². The van der Waals surface area contributed by atoms with Gasteiger partial charge in [0.25, 0.3) is 5.91 Å². The van der Waals surface area contributed by atoms with Crippen molar-refractivity contribution in [2.24, 2.45) is 0 Å². The van der Waals surface area contributed by atoms with Gasteiger partial charge in [-0.25, -0.2) is 0 Å². The molecule has 2 heterocycles. The zero-order valence-corrected chi connectivity index (χ0v) is 27.5. The smallest absolute Gasteiger partial charge is 0.251 e. The van der Waals surface area contributed by atoms with Gasteiger partial charge in [-0.15, -0.1) is 12.4 Å². The largest absolute Gasteiger partial charge is 0.457 e. The molecule has 46 heavy (non-hydrogen) atoms. The van der Waals surface area contributed by atoms with Crippen molar-refractivity contribution in [2.45, 2.75) is 81.5 Å². The first kappa shape index (κ1) is 35.2. The topological polar surface area (TPSA) is 140 Å². The lowest BCUT2D eigenvalue weighted by molar-refractivity contribution is -0.164. The van der Waals surface area contributed by atoms with Crippen LogP contribution in [0.15, 0.2) is 48.5 Å². The molecule has 4 N–H and O–H groups in total. The Morgan fingerprint density at radius 1 is 0.913 bits per heavy atom. The molecule has 250 valence electrons. The van der Waals surface area contributed by atoms with E-state index in [1.54, 1.807) is 43.3 Å². The van der Waals surface area contributed by atoms with Gasteiger partial charge in [-0.05, 0) is 67.6 Å². The first-order chi connectivity index (χ1) is 21.6. The van der Waals surface area contributed by atoms with E-state index in [2.05, 4.69) is 20.9 Å². The van der Waals surface area contributed by atoms with Crippen LogP contribution in [0.25, 0.3) is 0 Å². The molecule has 1 atom stereocenters. The Morgan fingerprint density at radius 3 is 2.11 bits per heavy atom. The number of benzene rings is 2. The van der Waals surface area contributed by atoms with Gasteiger partial charge < -0.3 is 30.7 Å². The van der Waals surface area contributed by atoms with E-state index >= 15 is 0 Å². The molecule has 0 radical (unpaired) electrons. The van der Waals surface area contributed by atoms with Crippen LogP contribution in [0.1, 0.15) is 73.7 Å². The molecule has 0 bridgehead atoms. The van der Waals surface area contributed by atoms with Crippen LogP contribution >= 0.6 is 12.4 Å². The number of piperazine rings is 1. The number of piperidine rings is 1. The Morgan fingerprint density at radius 2 is 1.52 bits per heavy atom.